The second kappa shape index (κ2) is 7.00. The Morgan fingerprint density at radius 2 is 2.06 bits per heavy atom. The van der Waals surface area contributed by atoms with Gasteiger partial charge in [-0.2, -0.15) is 5.26 Å². The lowest BCUT2D eigenvalue weighted by Gasteiger charge is -2.30. The van der Waals surface area contributed by atoms with E-state index in [4.69, 9.17) is 10.4 Å². The minimum absolute atomic E-state index is 0.0127. The van der Waals surface area contributed by atoms with E-state index in [1.165, 1.54) is 0 Å². The number of carbonyl (C=O) groups excluding carboxylic acids is 1. The highest BCUT2D eigenvalue weighted by Gasteiger charge is 2.32. The van der Waals surface area contributed by atoms with Crippen molar-refractivity contribution in [2.75, 3.05) is 13.1 Å². The van der Waals surface area contributed by atoms with Crippen LogP contribution in [0.1, 0.15) is 39.0 Å². The second-order valence-electron chi connectivity index (χ2n) is 4.72. The summed E-state index contributed by atoms with van der Waals surface area (Å²) in [7, 11) is 0. The summed E-state index contributed by atoms with van der Waals surface area (Å²) >= 11 is 0. The number of hydrogen-bond acceptors (Lipinski definition) is 3. The average molecular weight is 252 g/mol. The molecule has 0 bridgehead atoms. The zero-order chi connectivity index (χ0) is 13.5. The molecule has 2 atom stereocenters. The molecule has 1 aliphatic rings. The predicted octanol–water partition coefficient (Wildman–Crippen LogP) is 1.64. The molecule has 2 unspecified atom stereocenters. The van der Waals surface area contributed by atoms with E-state index in [0.717, 1.165) is 12.8 Å². The van der Waals surface area contributed by atoms with Crippen molar-refractivity contribution in [3.05, 3.63) is 0 Å². The molecule has 0 radical (unpaired) electrons. The molecule has 0 aromatic heterocycles. The first-order valence-corrected chi connectivity index (χ1v) is 6.48. The van der Waals surface area contributed by atoms with Crippen LogP contribution in [0, 0.1) is 23.2 Å². The quantitative estimate of drug-likeness (QED) is 0.806. The van der Waals surface area contributed by atoms with E-state index < -0.39 is 5.97 Å². The van der Waals surface area contributed by atoms with Crippen LogP contribution in [0.25, 0.3) is 0 Å². The van der Waals surface area contributed by atoms with Gasteiger partial charge < -0.3 is 10.0 Å². The molecule has 0 saturated heterocycles. The topological polar surface area (TPSA) is 81.4 Å². The fourth-order valence-electron chi connectivity index (χ4n) is 2.51. The van der Waals surface area contributed by atoms with E-state index in [9.17, 15) is 9.59 Å². The molecule has 0 aromatic carbocycles. The molecule has 1 rings (SSSR count). The summed E-state index contributed by atoms with van der Waals surface area (Å²) in [5, 5.41) is 17.6. The predicted molar refractivity (Wildman–Crippen MR) is 65.6 cm³/mol. The Balaban J connectivity index is 2.59. The van der Waals surface area contributed by atoms with Gasteiger partial charge in [-0.15, -0.1) is 0 Å². The van der Waals surface area contributed by atoms with E-state index in [1.54, 1.807) is 4.90 Å². The van der Waals surface area contributed by atoms with Crippen LogP contribution in [0.15, 0.2) is 0 Å². The Bertz CT molecular complexity index is 349. The van der Waals surface area contributed by atoms with Gasteiger partial charge in [-0.05, 0) is 26.2 Å². The number of aliphatic carboxylic acids is 1. The Kier molecular flexibility index (Phi) is 5.63. The number of carboxylic acids is 1. The molecule has 0 aromatic rings. The highest BCUT2D eigenvalue weighted by Crippen LogP contribution is 2.30. The zero-order valence-electron chi connectivity index (χ0n) is 10.8. The molecule has 0 aliphatic heterocycles. The van der Waals surface area contributed by atoms with Crippen molar-refractivity contribution in [3.8, 4) is 6.07 Å². The molecule has 1 fully saturated rings. The highest BCUT2D eigenvalue weighted by molar-refractivity contribution is 5.80. The molecule has 5 heteroatoms. The number of nitriles is 1. The molecule has 100 valence electrons. The summed E-state index contributed by atoms with van der Waals surface area (Å²) in [6, 6.07) is 2.03. The molecule has 5 nitrogen and oxygen atoms in total. The van der Waals surface area contributed by atoms with E-state index in [-0.39, 0.29) is 17.7 Å². The fourth-order valence-corrected chi connectivity index (χ4v) is 2.51. The Hall–Kier alpha value is -1.57. The molecule has 1 N–H and O–H groups in total. The van der Waals surface area contributed by atoms with Crippen molar-refractivity contribution in [3.63, 3.8) is 0 Å². The van der Waals surface area contributed by atoms with Gasteiger partial charge in [0, 0.05) is 19.0 Å². The number of hydrogen-bond donors (Lipinski definition) is 1. The minimum Gasteiger partial charge on any atom is -0.481 e. The smallest absolute Gasteiger partial charge is 0.306 e. The largest absolute Gasteiger partial charge is 0.481 e. The van der Waals surface area contributed by atoms with Crippen LogP contribution in [-0.4, -0.2) is 35.0 Å². The van der Waals surface area contributed by atoms with Crippen LogP contribution in [0.5, 0.6) is 0 Å². The summed E-state index contributed by atoms with van der Waals surface area (Å²) in [5.74, 6) is -1.35. The van der Waals surface area contributed by atoms with Crippen LogP contribution >= 0.6 is 0 Å². The van der Waals surface area contributed by atoms with Gasteiger partial charge in [0.05, 0.1) is 18.4 Å². The van der Waals surface area contributed by atoms with Crippen LogP contribution in [0.3, 0.4) is 0 Å². The van der Waals surface area contributed by atoms with E-state index >= 15 is 0 Å². The van der Waals surface area contributed by atoms with E-state index in [2.05, 4.69) is 0 Å². The van der Waals surface area contributed by atoms with Gasteiger partial charge in [-0.1, -0.05) is 6.42 Å². The maximum absolute atomic E-state index is 12.2. The van der Waals surface area contributed by atoms with Crippen LogP contribution in [-0.2, 0) is 9.59 Å². The summed E-state index contributed by atoms with van der Waals surface area (Å²) < 4.78 is 0. The molecule has 1 saturated carbocycles. The Morgan fingerprint density at radius 3 is 2.61 bits per heavy atom. The number of rotatable bonds is 5. The van der Waals surface area contributed by atoms with Gasteiger partial charge in [0.2, 0.25) is 5.91 Å². The van der Waals surface area contributed by atoms with Gasteiger partial charge in [0.1, 0.15) is 0 Å². The fraction of sp³-hybridized carbons (Fsp3) is 0.769. The van der Waals surface area contributed by atoms with Crippen molar-refractivity contribution in [2.45, 2.75) is 39.0 Å². The molecule has 0 heterocycles. The normalized spacial score (nSPS) is 23.1. The maximum Gasteiger partial charge on any atom is 0.306 e. The van der Waals surface area contributed by atoms with Crippen LogP contribution in [0.4, 0.5) is 0 Å². The van der Waals surface area contributed by atoms with Gasteiger partial charge in [0.15, 0.2) is 0 Å². The third kappa shape index (κ3) is 3.73. The Labute approximate surface area is 107 Å². The van der Waals surface area contributed by atoms with Gasteiger partial charge in [-0.3, -0.25) is 9.59 Å². The molecule has 0 spiro atoms. The van der Waals surface area contributed by atoms with Crippen molar-refractivity contribution in [1.29, 1.82) is 5.26 Å². The van der Waals surface area contributed by atoms with Crippen LogP contribution in [0.2, 0.25) is 0 Å². The molecular formula is C13H20N2O3. The monoisotopic (exact) mass is 252 g/mol. The number of nitrogens with zero attached hydrogens (tertiary/aromatic N) is 2. The molecular weight excluding hydrogens is 232 g/mol. The van der Waals surface area contributed by atoms with E-state index in [1.807, 2.05) is 13.0 Å². The molecule has 1 amide bonds. The minimum atomic E-state index is -0.799. The third-order valence-electron chi connectivity index (χ3n) is 3.56. The maximum atomic E-state index is 12.2. The SMILES string of the molecule is CCN(CCC#N)C(=O)C1CCCC(C(=O)O)C1. The molecule has 1 aliphatic carbocycles. The van der Waals surface area contributed by atoms with Gasteiger partial charge in [0.25, 0.3) is 0 Å². The Morgan fingerprint density at radius 1 is 1.39 bits per heavy atom. The van der Waals surface area contributed by atoms with Crippen molar-refractivity contribution < 1.29 is 14.7 Å². The number of amides is 1. The summed E-state index contributed by atoms with van der Waals surface area (Å²) in [5.41, 5.74) is 0. The summed E-state index contributed by atoms with van der Waals surface area (Å²) in [6.45, 7) is 2.90. The van der Waals surface area contributed by atoms with Crippen molar-refractivity contribution in [1.82, 2.24) is 4.90 Å². The lowest BCUT2D eigenvalue weighted by Crippen LogP contribution is -2.39. The summed E-state index contributed by atoms with van der Waals surface area (Å²) in [6.07, 6.45) is 3.00. The first-order valence-electron chi connectivity index (χ1n) is 6.48. The highest BCUT2D eigenvalue weighted by atomic mass is 16.4. The average Bonchev–Trinajstić information content (AvgIpc) is 2.39. The number of carboxylic acid groups (broad SMARTS) is 1. The van der Waals surface area contributed by atoms with Crippen LogP contribution < -0.4 is 0 Å². The lowest BCUT2D eigenvalue weighted by molar-refractivity contribution is -0.145. The number of carbonyl (C=O) groups is 2. The zero-order valence-corrected chi connectivity index (χ0v) is 10.8. The first kappa shape index (κ1) is 14.5. The standard InChI is InChI=1S/C13H20N2O3/c1-2-15(8-4-7-14)12(16)10-5-3-6-11(9-10)13(17)18/h10-11H,2-6,8-9H2,1H3,(H,17,18). The van der Waals surface area contributed by atoms with Crippen molar-refractivity contribution >= 4 is 11.9 Å². The molecule has 18 heavy (non-hydrogen) atoms. The van der Waals surface area contributed by atoms with E-state index in [0.29, 0.717) is 32.4 Å². The second-order valence-corrected chi connectivity index (χ2v) is 4.72. The van der Waals surface area contributed by atoms with Crippen molar-refractivity contribution in [2.24, 2.45) is 11.8 Å². The van der Waals surface area contributed by atoms with Gasteiger partial charge >= 0.3 is 5.97 Å². The van der Waals surface area contributed by atoms with Gasteiger partial charge in [-0.25, -0.2) is 0 Å². The first-order chi connectivity index (χ1) is 8.60. The summed E-state index contributed by atoms with van der Waals surface area (Å²) in [4.78, 5) is 24.9. The third-order valence-corrected chi connectivity index (χ3v) is 3.56. The lowest BCUT2D eigenvalue weighted by atomic mass is 9.80.